The first-order valence-electron chi connectivity index (χ1n) is 5.58. The second-order valence-corrected chi connectivity index (χ2v) is 4.52. The molecule has 0 saturated carbocycles. The summed E-state index contributed by atoms with van der Waals surface area (Å²) >= 11 is 5.78. The van der Waals surface area contributed by atoms with Crippen LogP contribution in [-0.4, -0.2) is 0 Å². The molecule has 2 N–H and O–H groups in total. The van der Waals surface area contributed by atoms with Gasteiger partial charge in [-0.25, -0.2) is 0 Å². The van der Waals surface area contributed by atoms with Crippen molar-refractivity contribution in [2.75, 3.05) is 0 Å². The molecule has 0 aliphatic heterocycles. The van der Waals surface area contributed by atoms with Crippen LogP contribution in [0.15, 0.2) is 42.5 Å². The van der Waals surface area contributed by atoms with Crippen LogP contribution in [0.1, 0.15) is 11.1 Å². The number of alkyl halides is 3. The monoisotopic (exact) mass is 321 g/mol. The SMILES string of the molecule is Cl.NCc1cc(C(F)(F)F)ccc1-c1ccc(Cl)cc1. The van der Waals surface area contributed by atoms with Crippen molar-refractivity contribution in [3.8, 4) is 11.1 Å². The average molecular weight is 322 g/mol. The molecule has 2 aromatic carbocycles. The molecule has 0 unspecified atom stereocenters. The Morgan fingerprint density at radius 2 is 1.60 bits per heavy atom. The fourth-order valence-corrected chi connectivity index (χ4v) is 1.98. The summed E-state index contributed by atoms with van der Waals surface area (Å²) in [6.07, 6.45) is -4.36. The van der Waals surface area contributed by atoms with Gasteiger partial charge in [0.25, 0.3) is 0 Å². The zero-order valence-electron chi connectivity index (χ0n) is 10.2. The molecule has 108 valence electrons. The predicted molar refractivity (Wildman–Crippen MR) is 77.0 cm³/mol. The fourth-order valence-electron chi connectivity index (χ4n) is 1.85. The topological polar surface area (TPSA) is 26.0 Å². The molecule has 2 aromatic rings. The number of nitrogens with two attached hydrogens (primary N) is 1. The zero-order valence-corrected chi connectivity index (χ0v) is 11.8. The Hall–Kier alpha value is -1.23. The van der Waals surface area contributed by atoms with E-state index in [0.29, 0.717) is 16.1 Å². The third kappa shape index (κ3) is 3.66. The van der Waals surface area contributed by atoms with Crippen molar-refractivity contribution in [2.24, 2.45) is 5.73 Å². The van der Waals surface area contributed by atoms with E-state index in [1.807, 2.05) is 0 Å². The molecule has 0 atom stereocenters. The number of hydrogen-bond donors (Lipinski definition) is 1. The highest BCUT2D eigenvalue weighted by Crippen LogP contribution is 2.33. The van der Waals surface area contributed by atoms with Gasteiger partial charge in [0, 0.05) is 11.6 Å². The van der Waals surface area contributed by atoms with E-state index in [1.54, 1.807) is 24.3 Å². The van der Waals surface area contributed by atoms with Crippen LogP contribution >= 0.6 is 24.0 Å². The molecule has 0 aliphatic rings. The fraction of sp³-hybridized carbons (Fsp3) is 0.143. The summed E-state index contributed by atoms with van der Waals surface area (Å²) in [5.41, 5.74) is 6.78. The molecule has 1 nitrogen and oxygen atoms in total. The number of hydrogen-bond acceptors (Lipinski definition) is 1. The maximum atomic E-state index is 12.6. The van der Waals surface area contributed by atoms with E-state index in [1.165, 1.54) is 6.07 Å². The highest BCUT2D eigenvalue weighted by Gasteiger charge is 2.30. The lowest BCUT2D eigenvalue weighted by Gasteiger charge is -2.12. The van der Waals surface area contributed by atoms with Gasteiger partial charge in [-0.05, 0) is 41.0 Å². The number of benzene rings is 2. The van der Waals surface area contributed by atoms with E-state index in [0.717, 1.165) is 17.7 Å². The van der Waals surface area contributed by atoms with Crippen molar-refractivity contribution >= 4 is 24.0 Å². The van der Waals surface area contributed by atoms with Crippen molar-refractivity contribution in [1.29, 1.82) is 0 Å². The van der Waals surface area contributed by atoms with Crippen LogP contribution in [0, 0.1) is 0 Å². The molecular formula is C14H12Cl2F3N. The van der Waals surface area contributed by atoms with Crippen LogP contribution in [0.25, 0.3) is 11.1 Å². The summed E-state index contributed by atoms with van der Waals surface area (Å²) < 4.78 is 37.9. The summed E-state index contributed by atoms with van der Waals surface area (Å²) in [6, 6.07) is 10.5. The molecule has 20 heavy (non-hydrogen) atoms. The molecule has 6 heteroatoms. The lowest BCUT2D eigenvalue weighted by molar-refractivity contribution is -0.137. The van der Waals surface area contributed by atoms with E-state index in [4.69, 9.17) is 17.3 Å². The Morgan fingerprint density at radius 1 is 1.00 bits per heavy atom. The Bertz CT molecular complexity index is 580. The molecule has 0 radical (unpaired) electrons. The van der Waals surface area contributed by atoms with Crippen molar-refractivity contribution in [3.63, 3.8) is 0 Å². The van der Waals surface area contributed by atoms with Crippen LogP contribution in [0.3, 0.4) is 0 Å². The highest BCUT2D eigenvalue weighted by molar-refractivity contribution is 6.30. The molecule has 0 saturated heterocycles. The molecule has 0 heterocycles. The van der Waals surface area contributed by atoms with Crippen molar-refractivity contribution < 1.29 is 13.2 Å². The zero-order chi connectivity index (χ0) is 14.0. The molecule has 0 amide bonds. The summed E-state index contributed by atoms with van der Waals surface area (Å²) in [5.74, 6) is 0. The Balaban J connectivity index is 0.00000200. The van der Waals surface area contributed by atoms with Gasteiger partial charge in [-0.3, -0.25) is 0 Å². The predicted octanol–water partition coefficient (Wildman–Crippen LogP) is 4.91. The lowest BCUT2D eigenvalue weighted by atomic mass is 9.97. The van der Waals surface area contributed by atoms with Gasteiger partial charge in [0.05, 0.1) is 5.56 Å². The van der Waals surface area contributed by atoms with Gasteiger partial charge in [-0.1, -0.05) is 29.8 Å². The van der Waals surface area contributed by atoms with Crippen LogP contribution in [0.4, 0.5) is 13.2 Å². The first kappa shape index (κ1) is 16.8. The van der Waals surface area contributed by atoms with Crippen LogP contribution in [-0.2, 0) is 12.7 Å². The summed E-state index contributed by atoms with van der Waals surface area (Å²) in [6.45, 7) is 0.0435. The highest BCUT2D eigenvalue weighted by atomic mass is 35.5. The third-order valence-electron chi connectivity index (χ3n) is 2.81. The minimum atomic E-state index is -4.36. The Labute approximate surface area is 126 Å². The molecule has 0 fully saturated rings. The third-order valence-corrected chi connectivity index (χ3v) is 3.06. The number of rotatable bonds is 2. The van der Waals surface area contributed by atoms with Gasteiger partial charge in [0.2, 0.25) is 0 Å². The molecular weight excluding hydrogens is 310 g/mol. The molecule has 0 aromatic heterocycles. The van der Waals surface area contributed by atoms with Crippen LogP contribution in [0.2, 0.25) is 5.02 Å². The van der Waals surface area contributed by atoms with E-state index in [2.05, 4.69) is 0 Å². The van der Waals surface area contributed by atoms with Gasteiger partial charge in [-0.2, -0.15) is 13.2 Å². The second-order valence-electron chi connectivity index (χ2n) is 4.08. The molecule has 0 aliphatic carbocycles. The smallest absolute Gasteiger partial charge is 0.326 e. The summed E-state index contributed by atoms with van der Waals surface area (Å²) in [5, 5.41) is 0.574. The summed E-state index contributed by atoms with van der Waals surface area (Å²) in [4.78, 5) is 0. The minimum Gasteiger partial charge on any atom is -0.326 e. The van der Waals surface area contributed by atoms with E-state index in [-0.39, 0.29) is 19.0 Å². The Kier molecular flexibility index (Phi) is 5.45. The second kappa shape index (κ2) is 6.48. The van der Waals surface area contributed by atoms with Crippen molar-refractivity contribution in [3.05, 3.63) is 58.6 Å². The molecule has 0 bridgehead atoms. The Morgan fingerprint density at radius 3 is 2.10 bits per heavy atom. The summed E-state index contributed by atoms with van der Waals surface area (Å²) in [7, 11) is 0. The van der Waals surface area contributed by atoms with E-state index in [9.17, 15) is 13.2 Å². The maximum Gasteiger partial charge on any atom is 0.416 e. The van der Waals surface area contributed by atoms with E-state index < -0.39 is 11.7 Å². The molecule has 0 spiro atoms. The average Bonchev–Trinajstić information content (AvgIpc) is 2.38. The molecule has 2 rings (SSSR count). The van der Waals surface area contributed by atoms with Gasteiger partial charge < -0.3 is 5.73 Å². The van der Waals surface area contributed by atoms with Crippen molar-refractivity contribution in [1.82, 2.24) is 0 Å². The van der Waals surface area contributed by atoms with Crippen LogP contribution < -0.4 is 5.73 Å². The van der Waals surface area contributed by atoms with Gasteiger partial charge in [0.15, 0.2) is 0 Å². The van der Waals surface area contributed by atoms with Crippen molar-refractivity contribution in [2.45, 2.75) is 12.7 Å². The first-order chi connectivity index (χ1) is 8.91. The quantitative estimate of drug-likeness (QED) is 0.835. The van der Waals surface area contributed by atoms with Gasteiger partial charge >= 0.3 is 6.18 Å². The first-order valence-corrected chi connectivity index (χ1v) is 5.96. The maximum absolute atomic E-state index is 12.6. The lowest BCUT2D eigenvalue weighted by Crippen LogP contribution is -2.08. The largest absolute Gasteiger partial charge is 0.416 e. The van der Waals surface area contributed by atoms with Gasteiger partial charge in [-0.15, -0.1) is 12.4 Å². The number of halogens is 5. The normalized spacial score (nSPS) is 11.1. The van der Waals surface area contributed by atoms with E-state index >= 15 is 0 Å². The van der Waals surface area contributed by atoms with Gasteiger partial charge in [0.1, 0.15) is 0 Å². The van der Waals surface area contributed by atoms with Crippen LogP contribution in [0.5, 0.6) is 0 Å². The minimum absolute atomic E-state index is 0. The standard InChI is InChI=1S/C14H11ClF3N.ClH/c15-12-4-1-9(2-5-12)13-6-3-11(14(16,17)18)7-10(13)8-19;/h1-7H,8,19H2;1H.